The summed E-state index contributed by atoms with van der Waals surface area (Å²) in [6, 6.07) is 0.314. The van der Waals surface area contributed by atoms with Crippen molar-refractivity contribution in [2.45, 2.75) is 19.4 Å². The van der Waals surface area contributed by atoms with Gasteiger partial charge in [-0.2, -0.15) is 0 Å². The molecule has 0 saturated carbocycles. The van der Waals surface area contributed by atoms with E-state index in [9.17, 15) is 10.1 Å². The second-order valence-corrected chi connectivity index (χ2v) is 4.19. The number of likely N-dealkylation sites (N-methyl/N-ethyl adjacent to an activating group) is 1. The average Bonchev–Trinajstić information content (AvgIpc) is 2.91. The van der Waals surface area contributed by atoms with Gasteiger partial charge in [0.05, 0.1) is 0 Å². The average molecular weight is 239 g/mol. The number of nitrogens with zero attached hydrogens (tertiary/aromatic N) is 4. The minimum atomic E-state index is -0.416. The first-order valence-corrected chi connectivity index (χ1v) is 5.78. The fraction of sp³-hybridized carbons (Fsp3) is 0.700. The van der Waals surface area contributed by atoms with Crippen LogP contribution in [0.4, 0.5) is 11.6 Å². The van der Waals surface area contributed by atoms with Gasteiger partial charge in [-0.05, 0) is 29.8 Å². The molecule has 17 heavy (non-hydrogen) atoms. The van der Waals surface area contributed by atoms with Crippen molar-refractivity contribution in [2.24, 2.45) is 7.05 Å². The first-order chi connectivity index (χ1) is 8.15. The van der Waals surface area contributed by atoms with Crippen molar-refractivity contribution in [3.63, 3.8) is 0 Å². The van der Waals surface area contributed by atoms with Gasteiger partial charge in [0.2, 0.25) is 12.1 Å². The Hall–Kier alpha value is -1.63. The van der Waals surface area contributed by atoms with Crippen molar-refractivity contribution in [1.29, 1.82) is 0 Å². The molecular weight excluding hydrogens is 222 g/mol. The maximum atomic E-state index is 11.0. The van der Waals surface area contributed by atoms with Crippen LogP contribution in [0.3, 0.4) is 0 Å². The van der Waals surface area contributed by atoms with Crippen LogP contribution in [0.5, 0.6) is 0 Å². The predicted molar refractivity (Wildman–Crippen MR) is 64.2 cm³/mol. The summed E-state index contributed by atoms with van der Waals surface area (Å²) < 4.78 is 1.72. The summed E-state index contributed by atoms with van der Waals surface area (Å²) in [5.41, 5.74) is 0. The molecule has 0 aromatic carbocycles. The second-order valence-electron chi connectivity index (χ2n) is 4.19. The smallest absolute Gasteiger partial charge is 0.358 e. The number of aromatic nitrogens is 2. The highest BCUT2D eigenvalue weighted by molar-refractivity contribution is 5.55. The zero-order valence-electron chi connectivity index (χ0n) is 10.1. The SMILES string of the molecule is CCN(c1c([N+](=O)[O-])ncn1C)C1CCNC1. The van der Waals surface area contributed by atoms with Crippen LogP contribution in [0.1, 0.15) is 13.3 Å². The molecule has 1 aliphatic rings. The lowest BCUT2D eigenvalue weighted by Gasteiger charge is -2.28. The summed E-state index contributed by atoms with van der Waals surface area (Å²) in [5.74, 6) is 0.549. The van der Waals surface area contributed by atoms with Crippen molar-refractivity contribution in [2.75, 3.05) is 24.5 Å². The minimum absolute atomic E-state index is 0.0544. The van der Waals surface area contributed by atoms with E-state index in [2.05, 4.69) is 15.2 Å². The molecule has 2 rings (SSSR count). The molecule has 1 saturated heterocycles. The third-order valence-corrected chi connectivity index (χ3v) is 3.15. The minimum Gasteiger partial charge on any atom is -0.358 e. The van der Waals surface area contributed by atoms with Gasteiger partial charge in [-0.1, -0.05) is 0 Å². The van der Waals surface area contributed by atoms with E-state index < -0.39 is 4.92 Å². The number of imidazole rings is 1. The second kappa shape index (κ2) is 4.70. The molecular formula is C10H17N5O2. The van der Waals surface area contributed by atoms with E-state index in [0.717, 1.165) is 26.1 Å². The van der Waals surface area contributed by atoms with Crippen LogP contribution in [0.25, 0.3) is 0 Å². The molecule has 2 heterocycles. The van der Waals surface area contributed by atoms with Crippen LogP contribution in [0.2, 0.25) is 0 Å². The largest absolute Gasteiger partial charge is 0.406 e. The number of hydrogen-bond donors (Lipinski definition) is 1. The van der Waals surface area contributed by atoms with Gasteiger partial charge < -0.3 is 20.3 Å². The van der Waals surface area contributed by atoms with Crippen molar-refractivity contribution >= 4 is 11.6 Å². The van der Waals surface area contributed by atoms with Crippen LogP contribution in [0, 0.1) is 10.1 Å². The molecule has 1 aromatic rings. The Bertz CT molecular complexity index is 411. The summed E-state index contributed by atoms with van der Waals surface area (Å²) in [6.45, 7) is 4.59. The Morgan fingerprint density at radius 2 is 2.53 bits per heavy atom. The zero-order chi connectivity index (χ0) is 12.4. The quantitative estimate of drug-likeness (QED) is 0.612. The van der Waals surface area contributed by atoms with Crippen LogP contribution >= 0.6 is 0 Å². The summed E-state index contributed by atoms with van der Waals surface area (Å²) in [7, 11) is 1.79. The molecule has 1 unspecified atom stereocenters. The molecule has 1 aliphatic heterocycles. The van der Waals surface area contributed by atoms with Gasteiger partial charge in [-0.25, -0.2) is 0 Å². The number of hydrogen-bond acceptors (Lipinski definition) is 5. The van der Waals surface area contributed by atoms with Gasteiger partial charge in [0, 0.05) is 26.2 Å². The predicted octanol–water partition coefficient (Wildman–Crippen LogP) is 0.516. The van der Waals surface area contributed by atoms with Crippen molar-refractivity contribution < 1.29 is 4.92 Å². The maximum absolute atomic E-state index is 11.0. The maximum Gasteiger partial charge on any atom is 0.406 e. The van der Waals surface area contributed by atoms with Gasteiger partial charge >= 0.3 is 5.82 Å². The molecule has 0 amide bonds. The lowest BCUT2D eigenvalue weighted by Crippen LogP contribution is -2.38. The first-order valence-electron chi connectivity index (χ1n) is 5.78. The lowest BCUT2D eigenvalue weighted by molar-refractivity contribution is -0.388. The fourth-order valence-corrected chi connectivity index (χ4v) is 2.36. The van der Waals surface area contributed by atoms with Crippen LogP contribution in [-0.4, -0.2) is 40.2 Å². The number of rotatable bonds is 4. The van der Waals surface area contributed by atoms with Crippen LogP contribution in [-0.2, 0) is 7.05 Å². The first kappa shape index (κ1) is 11.8. The standard InChI is InChI=1S/C10H17N5O2/c1-3-14(8-4-5-11-6-8)10-9(15(16)17)12-7-13(10)2/h7-8,11H,3-6H2,1-2H3. The van der Waals surface area contributed by atoms with Gasteiger partial charge in [0.1, 0.15) is 0 Å². The third-order valence-electron chi connectivity index (χ3n) is 3.15. The van der Waals surface area contributed by atoms with Gasteiger partial charge in [0.15, 0.2) is 0 Å². The van der Waals surface area contributed by atoms with Crippen molar-refractivity contribution in [3.05, 3.63) is 16.4 Å². The fourth-order valence-electron chi connectivity index (χ4n) is 2.36. The molecule has 1 atom stereocenters. The molecule has 0 aliphatic carbocycles. The summed E-state index contributed by atoms with van der Waals surface area (Å²) in [6.07, 6.45) is 2.51. The van der Waals surface area contributed by atoms with E-state index in [1.54, 1.807) is 11.6 Å². The highest BCUT2D eigenvalue weighted by Gasteiger charge is 2.30. The summed E-state index contributed by atoms with van der Waals surface area (Å²) in [5, 5.41) is 14.2. The number of nitrogens with one attached hydrogen (secondary N) is 1. The summed E-state index contributed by atoms with van der Waals surface area (Å²) in [4.78, 5) is 16.5. The highest BCUT2D eigenvalue weighted by Crippen LogP contribution is 2.28. The highest BCUT2D eigenvalue weighted by atomic mass is 16.6. The van der Waals surface area contributed by atoms with E-state index in [1.165, 1.54) is 6.33 Å². The van der Waals surface area contributed by atoms with E-state index in [4.69, 9.17) is 0 Å². The Balaban J connectivity index is 2.35. The van der Waals surface area contributed by atoms with E-state index >= 15 is 0 Å². The van der Waals surface area contributed by atoms with E-state index in [0.29, 0.717) is 11.9 Å². The molecule has 1 N–H and O–H groups in total. The molecule has 7 heteroatoms. The molecule has 1 fully saturated rings. The van der Waals surface area contributed by atoms with Gasteiger partial charge in [0.25, 0.3) is 0 Å². The molecule has 1 aromatic heterocycles. The Morgan fingerprint density at radius 3 is 3.06 bits per heavy atom. The Kier molecular flexibility index (Phi) is 3.28. The number of nitro groups is 1. The molecule has 94 valence electrons. The van der Waals surface area contributed by atoms with Crippen LogP contribution in [0.15, 0.2) is 6.33 Å². The molecule has 0 radical (unpaired) electrons. The van der Waals surface area contributed by atoms with Gasteiger partial charge in [-0.15, -0.1) is 0 Å². The van der Waals surface area contributed by atoms with Crippen molar-refractivity contribution in [1.82, 2.24) is 14.9 Å². The third kappa shape index (κ3) is 2.10. The zero-order valence-corrected chi connectivity index (χ0v) is 10.1. The normalized spacial score (nSPS) is 19.5. The van der Waals surface area contributed by atoms with Crippen molar-refractivity contribution in [3.8, 4) is 0 Å². The Labute approximate surface area is 99.6 Å². The van der Waals surface area contributed by atoms with Gasteiger partial charge in [-0.3, -0.25) is 4.57 Å². The molecule has 0 spiro atoms. The van der Waals surface area contributed by atoms with Crippen LogP contribution < -0.4 is 10.2 Å². The number of aryl methyl sites for hydroxylation is 1. The Morgan fingerprint density at radius 1 is 1.76 bits per heavy atom. The molecule has 0 bridgehead atoms. The molecule has 7 nitrogen and oxygen atoms in total. The van der Waals surface area contributed by atoms with E-state index in [1.807, 2.05) is 6.92 Å². The lowest BCUT2D eigenvalue weighted by atomic mass is 10.2. The monoisotopic (exact) mass is 239 g/mol. The summed E-state index contributed by atoms with van der Waals surface area (Å²) >= 11 is 0. The number of anilines is 1. The topological polar surface area (TPSA) is 76.2 Å². The van der Waals surface area contributed by atoms with E-state index in [-0.39, 0.29) is 5.82 Å².